The quantitative estimate of drug-likeness (QED) is 0.807. The number of anilines is 1. The molecule has 100 valence electrons. The minimum atomic E-state index is 0.742. The van der Waals surface area contributed by atoms with Crippen LogP contribution in [-0.2, 0) is 17.8 Å². The third-order valence-electron chi connectivity index (χ3n) is 3.69. The first-order valence-electron chi connectivity index (χ1n) is 6.59. The minimum absolute atomic E-state index is 0.742. The van der Waals surface area contributed by atoms with E-state index in [1.54, 1.807) is 17.7 Å². The first-order chi connectivity index (χ1) is 9.43. The topological polar surface area (TPSA) is 38.2 Å². The molecule has 0 spiro atoms. The first-order valence-corrected chi connectivity index (χ1v) is 8.56. The monoisotopic (exact) mass is 293 g/mol. The summed E-state index contributed by atoms with van der Waals surface area (Å²) >= 11 is 3.80. The van der Waals surface area contributed by atoms with Crippen molar-refractivity contribution < 1.29 is 4.74 Å². The van der Waals surface area contributed by atoms with Crippen molar-refractivity contribution >= 4 is 39.1 Å². The van der Waals surface area contributed by atoms with Crippen LogP contribution < -0.4 is 4.90 Å². The Labute approximate surface area is 120 Å². The second-order valence-corrected chi connectivity index (χ2v) is 7.09. The molecule has 0 N–H and O–H groups in total. The van der Waals surface area contributed by atoms with Gasteiger partial charge in [-0.1, -0.05) is 0 Å². The normalized spacial score (nSPS) is 19.7. The van der Waals surface area contributed by atoms with Crippen LogP contribution in [0.2, 0.25) is 0 Å². The fourth-order valence-electron chi connectivity index (χ4n) is 2.75. The van der Waals surface area contributed by atoms with E-state index in [4.69, 9.17) is 4.74 Å². The van der Waals surface area contributed by atoms with E-state index < -0.39 is 0 Å². The molecule has 0 unspecified atom stereocenters. The first kappa shape index (κ1) is 11.9. The number of hydrogen-bond acceptors (Lipinski definition) is 6. The van der Waals surface area contributed by atoms with Crippen molar-refractivity contribution in [3.63, 3.8) is 0 Å². The summed E-state index contributed by atoms with van der Waals surface area (Å²) < 4.78 is 5.56. The average molecular weight is 293 g/mol. The average Bonchev–Trinajstić information content (AvgIpc) is 2.86. The lowest BCUT2D eigenvalue weighted by Gasteiger charge is -2.28. The van der Waals surface area contributed by atoms with Gasteiger partial charge < -0.3 is 9.64 Å². The molecular weight excluding hydrogens is 278 g/mol. The van der Waals surface area contributed by atoms with E-state index >= 15 is 0 Å². The summed E-state index contributed by atoms with van der Waals surface area (Å²) in [4.78, 5) is 13.9. The van der Waals surface area contributed by atoms with E-state index in [1.165, 1.54) is 27.3 Å². The summed E-state index contributed by atoms with van der Waals surface area (Å²) in [5.41, 5.74) is 1.43. The molecule has 2 aromatic heterocycles. The second kappa shape index (κ2) is 4.92. The predicted molar refractivity (Wildman–Crippen MR) is 80.3 cm³/mol. The number of thioether (sulfide) groups is 1. The molecule has 6 heteroatoms. The third-order valence-corrected chi connectivity index (χ3v) is 5.75. The van der Waals surface area contributed by atoms with Crippen LogP contribution in [0, 0.1) is 0 Å². The molecular formula is C13H15N3OS2. The zero-order valence-electron chi connectivity index (χ0n) is 10.6. The lowest BCUT2D eigenvalue weighted by molar-refractivity contribution is 0.114. The molecule has 0 aromatic carbocycles. The molecule has 2 aliphatic rings. The Morgan fingerprint density at radius 2 is 2.11 bits per heavy atom. The molecule has 2 aromatic rings. The van der Waals surface area contributed by atoms with Crippen molar-refractivity contribution in [2.24, 2.45) is 0 Å². The van der Waals surface area contributed by atoms with E-state index in [1.807, 2.05) is 11.8 Å². The largest absolute Gasteiger partial charge is 0.376 e. The van der Waals surface area contributed by atoms with Gasteiger partial charge in [-0.2, -0.15) is 11.8 Å². The third kappa shape index (κ3) is 2.02. The molecule has 0 amide bonds. The van der Waals surface area contributed by atoms with Gasteiger partial charge in [0.1, 0.15) is 17.0 Å². The Bertz CT molecular complexity index is 607. The van der Waals surface area contributed by atoms with E-state index in [9.17, 15) is 0 Å². The molecule has 0 atom stereocenters. The van der Waals surface area contributed by atoms with Crippen LogP contribution in [0.5, 0.6) is 0 Å². The van der Waals surface area contributed by atoms with Gasteiger partial charge in [-0.05, 0) is 12.0 Å². The predicted octanol–water partition coefficient (Wildman–Crippen LogP) is 2.32. The highest BCUT2D eigenvalue weighted by atomic mass is 32.2. The van der Waals surface area contributed by atoms with Crippen molar-refractivity contribution in [3.05, 3.63) is 16.8 Å². The van der Waals surface area contributed by atoms with E-state index in [0.717, 1.165) is 43.4 Å². The van der Waals surface area contributed by atoms with Crippen molar-refractivity contribution in [3.8, 4) is 0 Å². The van der Waals surface area contributed by atoms with Crippen LogP contribution >= 0.6 is 23.1 Å². The number of thiophene rings is 1. The molecule has 0 aliphatic carbocycles. The van der Waals surface area contributed by atoms with Gasteiger partial charge in [0.05, 0.1) is 18.6 Å². The maximum atomic E-state index is 5.56. The van der Waals surface area contributed by atoms with Crippen molar-refractivity contribution in [1.29, 1.82) is 0 Å². The summed E-state index contributed by atoms with van der Waals surface area (Å²) in [6.45, 7) is 3.75. The maximum Gasteiger partial charge on any atom is 0.141 e. The maximum absolute atomic E-state index is 5.56. The van der Waals surface area contributed by atoms with E-state index in [2.05, 4.69) is 14.9 Å². The molecule has 4 heterocycles. The Morgan fingerprint density at radius 3 is 3.00 bits per heavy atom. The smallest absolute Gasteiger partial charge is 0.141 e. The molecule has 4 rings (SSSR count). The van der Waals surface area contributed by atoms with E-state index in [-0.39, 0.29) is 0 Å². The standard InChI is InChI=1S/C13H15N3OS2/c1-4-17-7-10-9(1)11-12(14-8-15-13(11)19-10)16-2-5-18-6-3-16/h8H,1-7H2. The van der Waals surface area contributed by atoms with Crippen LogP contribution in [0.25, 0.3) is 10.2 Å². The van der Waals surface area contributed by atoms with Crippen molar-refractivity contribution in [2.45, 2.75) is 13.0 Å². The number of rotatable bonds is 1. The van der Waals surface area contributed by atoms with Gasteiger partial charge in [-0.15, -0.1) is 11.3 Å². The molecule has 0 radical (unpaired) electrons. The minimum Gasteiger partial charge on any atom is -0.376 e. The lowest BCUT2D eigenvalue weighted by atomic mass is 10.1. The molecule has 19 heavy (non-hydrogen) atoms. The molecule has 0 saturated carbocycles. The molecule has 0 bridgehead atoms. The van der Waals surface area contributed by atoms with Crippen LogP contribution in [0.3, 0.4) is 0 Å². The van der Waals surface area contributed by atoms with Crippen LogP contribution in [0.15, 0.2) is 6.33 Å². The van der Waals surface area contributed by atoms with Gasteiger partial charge in [-0.3, -0.25) is 0 Å². The molecule has 1 fully saturated rings. The summed E-state index contributed by atoms with van der Waals surface area (Å²) in [5, 5.41) is 1.29. The number of ether oxygens (including phenoxy) is 1. The summed E-state index contributed by atoms with van der Waals surface area (Å²) in [6.07, 6.45) is 2.71. The van der Waals surface area contributed by atoms with Gasteiger partial charge in [0.2, 0.25) is 0 Å². The van der Waals surface area contributed by atoms with Gasteiger partial charge >= 0.3 is 0 Å². The number of hydrogen-bond donors (Lipinski definition) is 0. The van der Waals surface area contributed by atoms with Gasteiger partial charge in [-0.25, -0.2) is 9.97 Å². The Kier molecular flexibility index (Phi) is 3.09. The van der Waals surface area contributed by atoms with Gasteiger partial charge in [0, 0.05) is 29.5 Å². The summed E-state index contributed by atoms with van der Waals surface area (Å²) in [5.74, 6) is 3.53. The Morgan fingerprint density at radius 1 is 1.21 bits per heavy atom. The summed E-state index contributed by atoms with van der Waals surface area (Å²) in [7, 11) is 0. The molecule has 2 aliphatic heterocycles. The van der Waals surface area contributed by atoms with Crippen molar-refractivity contribution in [2.75, 3.05) is 36.1 Å². The van der Waals surface area contributed by atoms with Gasteiger partial charge in [0.25, 0.3) is 0 Å². The molecule has 1 saturated heterocycles. The number of fused-ring (bicyclic) bond motifs is 3. The second-order valence-electron chi connectivity index (χ2n) is 4.78. The zero-order valence-corrected chi connectivity index (χ0v) is 12.2. The SMILES string of the molecule is c1nc(N2CCSCC2)c2c3c(sc2n1)COCC3. The number of nitrogens with zero attached hydrogens (tertiary/aromatic N) is 3. The van der Waals surface area contributed by atoms with Crippen molar-refractivity contribution in [1.82, 2.24) is 9.97 Å². The Hall–Kier alpha value is -0.850. The highest BCUT2D eigenvalue weighted by Gasteiger charge is 2.23. The lowest BCUT2D eigenvalue weighted by Crippen LogP contribution is -2.33. The highest BCUT2D eigenvalue weighted by Crippen LogP contribution is 2.38. The fourth-order valence-corrected chi connectivity index (χ4v) is 4.78. The zero-order chi connectivity index (χ0) is 12.7. The number of aromatic nitrogens is 2. The van der Waals surface area contributed by atoms with Crippen LogP contribution in [0.4, 0.5) is 5.82 Å². The van der Waals surface area contributed by atoms with Gasteiger partial charge in [0.15, 0.2) is 0 Å². The van der Waals surface area contributed by atoms with Crippen LogP contribution in [-0.4, -0.2) is 41.2 Å². The highest BCUT2D eigenvalue weighted by molar-refractivity contribution is 7.99. The van der Waals surface area contributed by atoms with E-state index in [0.29, 0.717) is 0 Å². The summed E-state index contributed by atoms with van der Waals surface area (Å²) in [6, 6.07) is 0. The van der Waals surface area contributed by atoms with Crippen LogP contribution in [0.1, 0.15) is 10.4 Å². The fraction of sp³-hybridized carbons (Fsp3) is 0.538. The Balaban J connectivity index is 1.87. The molecule has 4 nitrogen and oxygen atoms in total.